The molecule has 0 aliphatic rings. The molecule has 100 valence electrons. The van der Waals surface area contributed by atoms with Gasteiger partial charge in [0, 0.05) is 11.5 Å². The van der Waals surface area contributed by atoms with Crippen LogP contribution in [0.15, 0.2) is 52.2 Å². The van der Waals surface area contributed by atoms with Crippen molar-refractivity contribution in [3.63, 3.8) is 0 Å². The van der Waals surface area contributed by atoms with E-state index < -0.39 is 0 Å². The Hall–Kier alpha value is -2.55. The number of hydrogen-bond donors (Lipinski definition) is 0. The molecule has 3 aromatic rings. The summed E-state index contributed by atoms with van der Waals surface area (Å²) in [7, 11) is 1.58. The van der Waals surface area contributed by atoms with Crippen molar-refractivity contribution in [2.45, 2.75) is 6.92 Å². The quantitative estimate of drug-likeness (QED) is 0.520. The summed E-state index contributed by atoms with van der Waals surface area (Å²) < 4.78 is 10.5. The minimum absolute atomic E-state index is 0.344. The van der Waals surface area contributed by atoms with E-state index in [1.165, 1.54) is 0 Å². The molecule has 3 rings (SSSR count). The predicted molar refractivity (Wildman–Crippen MR) is 81.3 cm³/mol. The SMILES string of the molecule is C=C(C)c1ccc2c(c1)c(=O)oc1cc(OC)ccc12. The summed E-state index contributed by atoms with van der Waals surface area (Å²) in [4.78, 5) is 12.1. The van der Waals surface area contributed by atoms with Gasteiger partial charge in [-0.25, -0.2) is 4.79 Å². The van der Waals surface area contributed by atoms with Gasteiger partial charge in [0.15, 0.2) is 0 Å². The third-order valence-corrected chi connectivity index (χ3v) is 3.41. The molecule has 2 aromatic carbocycles. The van der Waals surface area contributed by atoms with Crippen molar-refractivity contribution in [1.29, 1.82) is 0 Å². The second kappa shape index (κ2) is 4.53. The smallest absolute Gasteiger partial charge is 0.344 e. The zero-order chi connectivity index (χ0) is 14.3. The van der Waals surface area contributed by atoms with Crippen LogP contribution in [-0.2, 0) is 0 Å². The standard InChI is InChI=1S/C17H14O3/c1-10(2)11-4-6-13-14-7-5-12(19-3)9-16(14)20-17(18)15(13)8-11/h4-9H,1H2,2-3H3. The van der Waals surface area contributed by atoms with E-state index in [1.54, 1.807) is 13.2 Å². The van der Waals surface area contributed by atoms with Crippen molar-refractivity contribution < 1.29 is 9.15 Å². The molecular formula is C17H14O3. The first-order valence-electron chi connectivity index (χ1n) is 6.30. The van der Waals surface area contributed by atoms with E-state index >= 15 is 0 Å². The van der Waals surface area contributed by atoms with Crippen molar-refractivity contribution in [1.82, 2.24) is 0 Å². The van der Waals surface area contributed by atoms with Crippen LogP contribution in [0.3, 0.4) is 0 Å². The zero-order valence-electron chi connectivity index (χ0n) is 11.4. The highest BCUT2D eigenvalue weighted by Crippen LogP contribution is 2.27. The Bertz CT molecular complexity index is 888. The van der Waals surface area contributed by atoms with Gasteiger partial charge in [0.05, 0.1) is 12.5 Å². The molecule has 0 saturated heterocycles. The molecule has 3 nitrogen and oxygen atoms in total. The van der Waals surface area contributed by atoms with Gasteiger partial charge >= 0.3 is 5.63 Å². The molecular weight excluding hydrogens is 252 g/mol. The third kappa shape index (κ3) is 1.88. The van der Waals surface area contributed by atoms with Gasteiger partial charge in [-0.2, -0.15) is 0 Å². The fraction of sp³-hybridized carbons (Fsp3) is 0.118. The van der Waals surface area contributed by atoms with Gasteiger partial charge in [-0.15, -0.1) is 0 Å². The van der Waals surface area contributed by atoms with E-state index in [1.807, 2.05) is 37.3 Å². The molecule has 0 spiro atoms. The molecule has 0 fully saturated rings. The zero-order valence-corrected chi connectivity index (χ0v) is 11.4. The number of methoxy groups -OCH3 is 1. The van der Waals surface area contributed by atoms with E-state index in [-0.39, 0.29) is 5.63 Å². The van der Waals surface area contributed by atoms with Crippen molar-refractivity contribution in [2.75, 3.05) is 7.11 Å². The molecule has 20 heavy (non-hydrogen) atoms. The predicted octanol–water partition coefficient (Wildman–Crippen LogP) is 3.99. The largest absolute Gasteiger partial charge is 0.497 e. The Morgan fingerprint density at radius 2 is 1.85 bits per heavy atom. The Morgan fingerprint density at radius 3 is 2.55 bits per heavy atom. The summed E-state index contributed by atoms with van der Waals surface area (Å²) in [6, 6.07) is 11.2. The van der Waals surface area contributed by atoms with Crippen LogP contribution in [0.2, 0.25) is 0 Å². The van der Waals surface area contributed by atoms with Gasteiger partial charge in [0.1, 0.15) is 11.3 Å². The number of rotatable bonds is 2. The fourth-order valence-electron chi connectivity index (χ4n) is 2.30. The number of hydrogen-bond acceptors (Lipinski definition) is 3. The molecule has 0 amide bonds. The summed E-state index contributed by atoms with van der Waals surface area (Å²) in [5.41, 5.74) is 2.05. The van der Waals surface area contributed by atoms with Gasteiger partial charge < -0.3 is 9.15 Å². The number of fused-ring (bicyclic) bond motifs is 3. The molecule has 0 N–H and O–H groups in total. The second-order valence-electron chi connectivity index (χ2n) is 4.79. The van der Waals surface area contributed by atoms with Crippen LogP contribution >= 0.6 is 0 Å². The first-order chi connectivity index (χ1) is 9.60. The summed E-state index contributed by atoms with van der Waals surface area (Å²) >= 11 is 0. The molecule has 0 radical (unpaired) electrons. The highest BCUT2D eigenvalue weighted by molar-refractivity contribution is 6.05. The summed E-state index contributed by atoms with van der Waals surface area (Å²) in [6.07, 6.45) is 0. The highest BCUT2D eigenvalue weighted by atomic mass is 16.5. The van der Waals surface area contributed by atoms with Crippen molar-refractivity contribution in [3.05, 3.63) is 59.0 Å². The van der Waals surface area contributed by atoms with Crippen molar-refractivity contribution in [3.8, 4) is 5.75 Å². The first kappa shape index (κ1) is 12.5. The lowest BCUT2D eigenvalue weighted by atomic mass is 10.0. The van der Waals surface area contributed by atoms with E-state index in [0.29, 0.717) is 16.7 Å². The van der Waals surface area contributed by atoms with Crippen LogP contribution < -0.4 is 10.4 Å². The molecule has 0 bridgehead atoms. The number of allylic oxidation sites excluding steroid dienone is 1. The van der Waals surface area contributed by atoms with Crippen molar-refractivity contribution in [2.24, 2.45) is 0 Å². The summed E-state index contributed by atoms with van der Waals surface area (Å²) in [5, 5.41) is 2.35. The van der Waals surface area contributed by atoms with E-state index in [9.17, 15) is 4.79 Å². The minimum Gasteiger partial charge on any atom is -0.497 e. The minimum atomic E-state index is -0.344. The highest BCUT2D eigenvalue weighted by Gasteiger charge is 2.09. The average molecular weight is 266 g/mol. The normalized spacial score (nSPS) is 10.9. The molecule has 1 aromatic heterocycles. The molecule has 0 atom stereocenters. The van der Waals surface area contributed by atoms with Gasteiger partial charge in [-0.05, 0) is 36.1 Å². The Labute approximate surface area is 116 Å². The van der Waals surface area contributed by atoms with E-state index in [4.69, 9.17) is 9.15 Å². The molecule has 1 heterocycles. The van der Waals surface area contributed by atoms with Crippen LogP contribution in [0, 0.1) is 0 Å². The monoisotopic (exact) mass is 266 g/mol. The average Bonchev–Trinajstić information content (AvgIpc) is 2.46. The molecule has 0 aliphatic heterocycles. The Kier molecular flexibility index (Phi) is 2.83. The third-order valence-electron chi connectivity index (χ3n) is 3.41. The topological polar surface area (TPSA) is 39.4 Å². The molecule has 3 heteroatoms. The van der Waals surface area contributed by atoms with Gasteiger partial charge in [0.25, 0.3) is 0 Å². The second-order valence-corrected chi connectivity index (χ2v) is 4.79. The lowest BCUT2D eigenvalue weighted by Gasteiger charge is -2.06. The summed E-state index contributed by atoms with van der Waals surface area (Å²) in [5.74, 6) is 0.665. The van der Waals surface area contributed by atoms with Crippen LogP contribution in [0.25, 0.3) is 27.3 Å². The number of ether oxygens (including phenoxy) is 1. The van der Waals surface area contributed by atoms with E-state index in [2.05, 4.69) is 6.58 Å². The first-order valence-corrected chi connectivity index (χ1v) is 6.30. The fourth-order valence-corrected chi connectivity index (χ4v) is 2.30. The molecule has 0 aliphatic carbocycles. The number of benzene rings is 2. The Morgan fingerprint density at radius 1 is 1.10 bits per heavy atom. The maximum atomic E-state index is 12.1. The molecule has 0 unspecified atom stereocenters. The van der Waals surface area contributed by atoms with Gasteiger partial charge in [0.2, 0.25) is 0 Å². The van der Waals surface area contributed by atoms with Crippen LogP contribution in [0.4, 0.5) is 0 Å². The van der Waals surface area contributed by atoms with Gasteiger partial charge in [-0.3, -0.25) is 0 Å². The maximum Gasteiger partial charge on any atom is 0.344 e. The summed E-state index contributed by atoms with van der Waals surface area (Å²) in [6.45, 7) is 5.81. The lowest BCUT2D eigenvalue weighted by molar-refractivity contribution is 0.414. The Balaban J connectivity index is 2.42. The van der Waals surface area contributed by atoms with E-state index in [0.717, 1.165) is 21.9 Å². The van der Waals surface area contributed by atoms with Gasteiger partial charge in [-0.1, -0.05) is 24.3 Å². The lowest BCUT2D eigenvalue weighted by Crippen LogP contribution is -2.00. The van der Waals surface area contributed by atoms with Crippen LogP contribution in [-0.4, -0.2) is 7.11 Å². The van der Waals surface area contributed by atoms with Crippen molar-refractivity contribution >= 4 is 27.3 Å². The van der Waals surface area contributed by atoms with Crippen LogP contribution in [0.5, 0.6) is 5.75 Å². The van der Waals surface area contributed by atoms with Crippen LogP contribution in [0.1, 0.15) is 12.5 Å². The molecule has 0 saturated carbocycles. The maximum absolute atomic E-state index is 12.1.